The summed E-state index contributed by atoms with van der Waals surface area (Å²) in [6.07, 6.45) is 10.5. The first-order chi connectivity index (χ1) is 33.9. The van der Waals surface area contributed by atoms with Crippen LogP contribution in [0.2, 0.25) is 0 Å². The number of hydrogen-bond acceptors (Lipinski definition) is 15. The van der Waals surface area contributed by atoms with Crippen LogP contribution in [0.15, 0.2) is 47.6 Å². The predicted octanol–water partition coefficient (Wildman–Crippen LogP) is 8.45. The van der Waals surface area contributed by atoms with Gasteiger partial charge in [-0.15, -0.1) is 0 Å². The molecule has 0 aromatic heterocycles. The van der Waals surface area contributed by atoms with Crippen molar-refractivity contribution in [2.45, 2.75) is 200 Å². The standard InChI is InChI=1S/C55H88NO15P/c1-33(2)70-72(13,64)71-45-25-23-41(30-48(45)66-11)29-37(6)47-32-44(57)36(5)28-39(8)50(59)51(67-12)49(58)38(7)27-34(3)19-15-14-16-20-35(4)46(65-10)31-42-24-22-40(9)55(63,69-42)52(60)53(61)56-26-18-17-21-43(56)54(62)68-47/h14-16,19-20,28,33-34,37-43,45-48,50-51,59,63H,17-18,21-27,29-32H2,1-13H3/t34-,37-,38-,39?,40-,41+,42?,43?,45-,46+,47+,48-,50-,51+,55-,72?/m1/s1. The number of carbonyl (C=O) groups excluding carboxylic acids is 5. The monoisotopic (exact) mass is 1030 g/mol. The molecule has 3 fully saturated rings. The molecular formula is C55H88NO15P. The number of cyclic esters (lactones) is 1. The largest absolute Gasteiger partial charge is 0.460 e. The predicted molar refractivity (Wildman–Crippen MR) is 274 cm³/mol. The zero-order chi connectivity index (χ0) is 53.7. The van der Waals surface area contributed by atoms with Gasteiger partial charge in [0.2, 0.25) is 5.79 Å². The summed E-state index contributed by atoms with van der Waals surface area (Å²) < 4.78 is 54.6. The van der Waals surface area contributed by atoms with Crippen molar-refractivity contribution in [3.63, 3.8) is 0 Å². The summed E-state index contributed by atoms with van der Waals surface area (Å²) >= 11 is 0. The van der Waals surface area contributed by atoms with Crippen LogP contribution in [-0.2, 0) is 61.3 Å². The molecule has 1 amide bonds. The zero-order valence-corrected chi connectivity index (χ0v) is 46.3. The Balaban J connectivity index is 1.70. The highest BCUT2D eigenvalue weighted by Crippen LogP contribution is 2.49. The SMILES string of the molecule is CO[C@H]1CC2CC[C@@H](C)[C@@](O)(O2)C(=O)C(=O)N2CCCCC2C(=O)O[C@H]([C@H](C)C[C@@H]2CC[C@@H](OP(C)(=O)OC(C)C)[C@H](OC)C2)CC(=O)C(C)=CC(C)[C@@H](O)[C@@H](OC)C(=O)[C@H](C)C[C@H](C)C=CC=CC=C1C. The molecule has 3 aliphatic heterocycles. The molecule has 16 nitrogen and oxygen atoms in total. The molecular weight excluding hydrogens is 946 g/mol. The van der Waals surface area contributed by atoms with Gasteiger partial charge >= 0.3 is 13.6 Å². The highest BCUT2D eigenvalue weighted by Gasteiger charge is 2.53. The summed E-state index contributed by atoms with van der Waals surface area (Å²) in [7, 11) is 1.16. The molecule has 0 radical (unpaired) electrons. The molecule has 4 rings (SSSR count). The molecule has 0 aromatic rings. The number of allylic oxidation sites excluding steroid dienone is 6. The number of fused-ring (bicyclic) bond motifs is 3. The number of aliphatic hydroxyl groups is 2. The number of piperidine rings is 1. The van der Waals surface area contributed by atoms with Gasteiger partial charge in [0.15, 0.2) is 11.6 Å². The molecule has 3 heterocycles. The second kappa shape index (κ2) is 28.1. The van der Waals surface area contributed by atoms with Crippen LogP contribution in [0.5, 0.6) is 0 Å². The van der Waals surface area contributed by atoms with E-state index in [1.165, 1.54) is 18.7 Å². The summed E-state index contributed by atoms with van der Waals surface area (Å²) in [5, 5.41) is 23.5. The van der Waals surface area contributed by atoms with Gasteiger partial charge in [0.1, 0.15) is 18.2 Å². The van der Waals surface area contributed by atoms with Gasteiger partial charge in [0, 0.05) is 65.1 Å². The third-order valence-corrected chi connectivity index (χ3v) is 16.7. The topological polar surface area (TPSA) is 211 Å². The first-order valence-corrected chi connectivity index (χ1v) is 28.3. The molecule has 4 unspecified atom stereocenters. The number of esters is 1. The Morgan fingerprint density at radius 2 is 1.57 bits per heavy atom. The molecule has 0 aromatic carbocycles. The number of rotatable bonds is 10. The van der Waals surface area contributed by atoms with E-state index >= 15 is 0 Å². The van der Waals surface area contributed by atoms with Crippen molar-refractivity contribution in [3.8, 4) is 0 Å². The van der Waals surface area contributed by atoms with Crippen molar-refractivity contribution < 1.29 is 71.5 Å². The molecule has 1 aliphatic carbocycles. The number of nitrogens with zero attached hydrogens (tertiary/aromatic N) is 1. The number of ketones is 3. The highest BCUT2D eigenvalue weighted by atomic mass is 31.2. The maximum Gasteiger partial charge on any atom is 0.329 e. The number of Topliss-reactive ketones (excluding diaryl/α,β-unsaturated/α-hetero) is 3. The fourth-order valence-electron chi connectivity index (χ4n) is 10.9. The second-order valence-corrected chi connectivity index (χ2v) is 23.6. The zero-order valence-electron chi connectivity index (χ0n) is 45.4. The molecule has 2 saturated heterocycles. The van der Waals surface area contributed by atoms with Crippen LogP contribution in [-0.4, -0.2) is 140 Å². The van der Waals surface area contributed by atoms with Crippen LogP contribution in [0.4, 0.5) is 0 Å². The van der Waals surface area contributed by atoms with E-state index in [4.69, 9.17) is 32.7 Å². The lowest BCUT2D eigenvalue weighted by Crippen LogP contribution is -2.61. The van der Waals surface area contributed by atoms with E-state index in [0.29, 0.717) is 69.8 Å². The van der Waals surface area contributed by atoms with E-state index in [9.17, 15) is 38.8 Å². The molecule has 16 atom stereocenters. The molecule has 1 saturated carbocycles. The molecule has 4 aliphatic rings. The summed E-state index contributed by atoms with van der Waals surface area (Å²) in [5.74, 6) is -8.24. The fraction of sp³-hybridized carbons (Fsp3) is 0.764. The number of carbonyl (C=O) groups is 5. The maximum atomic E-state index is 14.5. The molecule has 2 N–H and O–H groups in total. The number of ether oxygens (including phenoxy) is 5. The van der Waals surface area contributed by atoms with Gasteiger partial charge in [-0.3, -0.25) is 23.7 Å². The van der Waals surface area contributed by atoms with Gasteiger partial charge in [-0.2, -0.15) is 0 Å². The van der Waals surface area contributed by atoms with Gasteiger partial charge < -0.3 is 47.8 Å². The minimum absolute atomic E-state index is 0.00845. The van der Waals surface area contributed by atoms with Crippen molar-refractivity contribution in [3.05, 3.63) is 47.6 Å². The summed E-state index contributed by atoms with van der Waals surface area (Å²) in [6.45, 7) is 17.7. The van der Waals surface area contributed by atoms with Crippen LogP contribution in [0.25, 0.3) is 0 Å². The van der Waals surface area contributed by atoms with Crippen molar-refractivity contribution in [1.82, 2.24) is 4.90 Å². The van der Waals surface area contributed by atoms with Gasteiger partial charge in [-0.1, -0.05) is 71.1 Å². The fourth-order valence-corrected chi connectivity index (χ4v) is 12.4. The van der Waals surface area contributed by atoms with Crippen LogP contribution < -0.4 is 0 Å². The van der Waals surface area contributed by atoms with E-state index in [2.05, 4.69) is 0 Å². The Labute approximate surface area is 429 Å². The minimum atomic E-state index is -3.37. The Hall–Kier alpha value is -3.18. The summed E-state index contributed by atoms with van der Waals surface area (Å²) in [4.78, 5) is 72.4. The first-order valence-electron chi connectivity index (χ1n) is 26.3. The average molecular weight is 1030 g/mol. The maximum absolute atomic E-state index is 14.5. The van der Waals surface area contributed by atoms with Gasteiger partial charge in [0.05, 0.1) is 36.6 Å². The molecule has 2 bridgehead atoms. The number of hydrogen-bond donors (Lipinski definition) is 2. The Kier molecular flexibility index (Phi) is 23.9. The Morgan fingerprint density at radius 3 is 2.22 bits per heavy atom. The summed E-state index contributed by atoms with van der Waals surface area (Å²) in [6, 6.07) is -1.17. The van der Waals surface area contributed by atoms with Gasteiger partial charge in [0.25, 0.3) is 11.7 Å². The normalized spacial score (nSPS) is 36.3. The third-order valence-electron chi connectivity index (χ3n) is 15.2. The Bertz CT molecular complexity index is 2020. The van der Waals surface area contributed by atoms with Crippen molar-refractivity contribution >= 4 is 36.8 Å². The quantitative estimate of drug-likeness (QED) is 0.119. The smallest absolute Gasteiger partial charge is 0.329 e. The highest BCUT2D eigenvalue weighted by molar-refractivity contribution is 7.53. The number of methoxy groups -OCH3 is 3. The lowest BCUT2D eigenvalue weighted by atomic mass is 9.78. The van der Waals surface area contributed by atoms with E-state index in [1.807, 2.05) is 58.1 Å². The van der Waals surface area contributed by atoms with Crippen LogP contribution in [0, 0.1) is 35.5 Å². The van der Waals surface area contributed by atoms with E-state index in [-0.39, 0.29) is 48.9 Å². The lowest BCUT2D eigenvalue weighted by molar-refractivity contribution is -0.265. The first kappa shape index (κ1) is 61.4. The second-order valence-electron chi connectivity index (χ2n) is 21.6. The van der Waals surface area contributed by atoms with Gasteiger partial charge in [-0.25, -0.2) is 4.79 Å². The molecule has 408 valence electrons. The minimum Gasteiger partial charge on any atom is -0.460 e. The number of amides is 1. The van der Waals surface area contributed by atoms with E-state index in [1.54, 1.807) is 54.9 Å². The lowest BCUT2D eigenvalue weighted by Gasteiger charge is -2.42. The Morgan fingerprint density at radius 1 is 0.861 bits per heavy atom. The molecule has 72 heavy (non-hydrogen) atoms. The third kappa shape index (κ3) is 16.9. The van der Waals surface area contributed by atoms with Crippen LogP contribution in [0.3, 0.4) is 0 Å². The molecule has 0 spiro atoms. The van der Waals surface area contributed by atoms with Crippen molar-refractivity contribution in [2.24, 2.45) is 35.5 Å². The van der Waals surface area contributed by atoms with E-state index < -0.39 is 103 Å². The summed E-state index contributed by atoms with van der Waals surface area (Å²) in [5.41, 5.74) is 1.16. The van der Waals surface area contributed by atoms with E-state index in [0.717, 1.165) is 5.57 Å². The van der Waals surface area contributed by atoms with Crippen molar-refractivity contribution in [2.75, 3.05) is 34.5 Å². The van der Waals surface area contributed by atoms with Crippen molar-refractivity contribution in [1.29, 1.82) is 0 Å². The van der Waals surface area contributed by atoms with Crippen LogP contribution in [0.1, 0.15) is 139 Å². The average Bonchev–Trinajstić information content (AvgIpc) is 3.32. The number of aliphatic hydroxyl groups excluding tert-OH is 1. The van der Waals surface area contributed by atoms with Gasteiger partial charge in [-0.05, 0) is 121 Å². The molecule has 17 heteroatoms. The van der Waals surface area contributed by atoms with Crippen LogP contribution >= 0.6 is 7.60 Å².